The van der Waals surface area contributed by atoms with Gasteiger partial charge in [0, 0.05) is 18.1 Å². The van der Waals surface area contributed by atoms with Crippen molar-refractivity contribution < 1.29 is 23.1 Å². The molecule has 0 radical (unpaired) electrons. The zero-order valence-corrected chi connectivity index (χ0v) is 14.4. The van der Waals surface area contributed by atoms with Gasteiger partial charge in [-0.15, -0.1) is 0 Å². The van der Waals surface area contributed by atoms with Crippen LogP contribution in [0.25, 0.3) is 0 Å². The Labute approximate surface area is 132 Å². The smallest absolute Gasteiger partial charge is 0.336 e. The van der Waals surface area contributed by atoms with Gasteiger partial charge in [0.05, 0.1) is 23.2 Å². The molecule has 0 aliphatic rings. The van der Waals surface area contributed by atoms with E-state index in [0.29, 0.717) is 4.47 Å². The summed E-state index contributed by atoms with van der Waals surface area (Å²) in [5.41, 5.74) is -0.0945. The van der Waals surface area contributed by atoms with Crippen molar-refractivity contribution >= 4 is 31.9 Å². The molecule has 1 rings (SSSR count). The molecule has 6 nitrogen and oxygen atoms in total. The molecule has 0 aliphatic heterocycles. The number of carbonyl (C=O) groups is 1. The molecule has 0 saturated heterocycles. The van der Waals surface area contributed by atoms with Crippen molar-refractivity contribution in [2.75, 3.05) is 20.2 Å². The number of sulfonamides is 1. The van der Waals surface area contributed by atoms with E-state index in [1.54, 1.807) is 0 Å². The predicted octanol–water partition coefficient (Wildman–Crippen LogP) is 2.19. The van der Waals surface area contributed by atoms with Gasteiger partial charge in [-0.25, -0.2) is 13.2 Å². The molecule has 1 aromatic carbocycles. The van der Waals surface area contributed by atoms with Crippen molar-refractivity contribution in [2.24, 2.45) is 0 Å². The van der Waals surface area contributed by atoms with Crippen molar-refractivity contribution in [3.63, 3.8) is 0 Å². The Bertz CT molecular complexity index is 615. The van der Waals surface area contributed by atoms with E-state index in [1.807, 2.05) is 13.8 Å². The first-order chi connectivity index (χ1) is 9.66. The van der Waals surface area contributed by atoms with E-state index in [4.69, 9.17) is 9.84 Å². The number of ether oxygens (including phenoxy) is 1. The minimum Gasteiger partial charge on any atom is -0.478 e. The van der Waals surface area contributed by atoms with Crippen LogP contribution < -0.4 is 0 Å². The Morgan fingerprint density at radius 1 is 1.43 bits per heavy atom. The second kappa shape index (κ2) is 7.35. The molecule has 0 saturated carbocycles. The lowest BCUT2D eigenvalue weighted by atomic mass is 10.2. The predicted molar refractivity (Wildman–Crippen MR) is 82.0 cm³/mol. The van der Waals surface area contributed by atoms with E-state index in [0.717, 1.165) is 10.4 Å². The number of halogens is 1. The van der Waals surface area contributed by atoms with Crippen LogP contribution in [-0.2, 0) is 14.8 Å². The van der Waals surface area contributed by atoms with Gasteiger partial charge < -0.3 is 9.84 Å². The van der Waals surface area contributed by atoms with E-state index in [2.05, 4.69) is 15.9 Å². The van der Waals surface area contributed by atoms with E-state index < -0.39 is 16.0 Å². The van der Waals surface area contributed by atoms with Crippen molar-refractivity contribution in [3.05, 3.63) is 28.2 Å². The molecule has 1 aromatic rings. The topological polar surface area (TPSA) is 83.9 Å². The maximum absolute atomic E-state index is 12.4. The molecule has 0 aromatic heterocycles. The average molecular weight is 380 g/mol. The van der Waals surface area contributed by atoms with Crippen LogP contribution in [0.3, 0.4) is 0 Å². The molecule has 0 heterocycles. The second-order valence-electron chi connectivity index (χ2n) is 4.69. The van der Waals surface area contributed by atoms with Crippen LogP contribution in [0.15, 0.2) is 27.6 Å². The molecule has 0 unspecified atom stereocenters. The summed E-state index contributed by atoms with van der Waals surface area (Å²) in [5.74, 6) is -1.19. The third-order valence-corrected chi connectivity index (χ3v) is 5.28. The highest BCUT2D eigenvalue weighted by Gasteiger charge is 2.22. The van der Waals surface area contributed by atoms with Gasteiger partial charge in [0.25, 0.3) is 0 Å². The minimum absolute atomic E-state index is 0.0207. The Hall–Kier alpha value is -0.960. The van der Waals surface area contributed by atoms with Gasteiger partial charge in [0.2, 0.25) is 10.0 Å². The van der Waals surface area contributed by atoms with Gasteiger partial charge in [-0.05, 0) is 48.0 Å². The lowest BCUT2D eigenvalue weighted by Crippen LogP contribution is -2.31. The first-order valence-corrected chi connectivity index (χ1v) is 8.50. The first kappa shape index (κ1) is 18.1. The molecule has 1 N–H and O–H groups in total. The molecule has 118 valence electrons. The summed E-state index contributed by atoms with van der Waals surface area (Å²) in [5, 5.41) is 9.04. The van der Waals surface area contributed by atoms with Gasteiger partial charge in [0.1, 0.15) is 0 Å². The quantitative estimate of drug-likeness (QED) is 0.784. The summed E-state index contributed by atoms with van der Waals surface area (Å²) in [6.45, 7) is 4.19. The lowest BCUT2D eigenvalue weighted by molar-refractivity contribution is 0.0694. The number of hydrogen-bond acceptors (Lipinski definition) is 4. The normalized spacial score (nSPS) is 12.1. The highest BCUT2D eigenvalue weighted by molar-refractivity contribution is 9.10. The molecule has 8 heteroatoms. The van der Waals surface area contributed by atoms with E-state index >= 15 is 0 Å². The monoisotopic (exact) mass is 379 g/mol. The standard InChI is InChI=1S/C13H18BrNO5S/c1-9(2)20-7-6-15(3)21(18,19)10-4-5-12(14)11(8-10)13(16)17/h4-5,8-9H,6-7H2,1-3H3,(H,16,17). The van der Waals surface area contributed by atoms with Gasteiger partial charge >= 0.3 is 5.97 Å². The van der Waals surface area contributed by atoms with Crippen LogP contribution in [0.4, 0.5) is 0 Å². The number of carboxylic acid groups (broad SMARTS) is 1. The highest BCUT2D eigenvalue weighted by Crippen LogP contribution is 2.22. The SMILES string of the molecule is CC(C)OCCN(C)S(=O)(=O)c1ccc(Br)c(C(=O)O)c1. The number of benzene rings is 1. The van der Waals surface area contributed by atoms with Gasteiger partial charge in [-0.1, -0.05) is 0 Å². The fourth-order valence-electron chi connectivity index (χ4n) is 1.55. The zero-order valence-electron chi connectivity index (χ0n) is 12.0. The molecular formula is C13H18BrNO5S. The summed E-state index contributed by atoms with van der Waals surface area (Å²) in [7, 11) is -2.31. The van der Waals surface area contributed by atoms with E-state index in [9.17, 15) is 13.2 Å². The summed E-state index contributed by atoms with van der Waals surface area (Å²) in [6.07, 6.45) is 0.0207. The largest absolute Gasteiger partial charge is 0.478 e. The fourth-order valence-corrected chi connectivity index (χ4v) is 3.14. The average Bonchev–Trinajstić information content (AvgIpc) is 2.37. The molecule has 0 amide bonds. The number of nitrogens with zero attached hydrogens (tertiary/aromatic N) is 1. The summed E-state index contributed by atoms with van der Waals surface area (Å²) in [4.78, 5) is 11.0. The molecule has 0 spiro atoms. The van der Waals surface area contributed by atoms with Gasteiger partial charge in [-0.3, -0.25) is 0 Å². The zero-order chi connectivity index (χ0) is 16.2. The number of hydrogen-bond donors (Lipinski definition) is 1. The maximum atomic E-state index is 12.4. The Morgan fingerprint density at radius 3 is 2.57 bits per heavy atom. The van der Waals surface area contributed by atoms with Crippen LogP contribution in [-0.4, -0.2) is 50.1 Å². The lowest BCUT2D eigenvalue weighted by Gasteiger charge is -2.18. The summed E-state index contributed by atoms with van der Waals surface area (Å²) >= 11 is 3.08. The van der Waals surface area contributed by atoms with Crippen LogP contribution in [0.5, 0.6) is 0 Å². The van der Waals surface area contributed by atoms with Gasteiger partial charge in [-0.2, -0.15) is 4.31 Å². The summed E-state index contributed by atoms with van der Waals surface area (Å²) in [6, 6.07) is 3.92. The maximum Gasteiger partial charge on any atom is 0.336 e. The van der Waals surface area contributed by atoms with E-state index in [-0.39, 0.29) is 29.7 Å². The van der Waals surface area contributed by atoms with Crippen molar-refractivity contribution in [1.29, 1.82) is 0 Å². The second-order valence-corrected chi connectivity index (χ2v) is 7.59. The Kier molecular flexibility index (Phi) is 6.33. The first-order valence-electron chi connectivity index (χ1n) is 6.27. The fraction of sp³-hybridized carbons (Fsp3) is 0.462. The van der Waals surface area contributed by atoms with Crippen molar-refractivity contribution in [3.8, 4) is 0 Å². The van der Waals surface area contributed by atoms with Gasteiger partial charge in [0.15, 0.2) is 0 Å². The van der Waals surface area contributed by atoms with E-state index in [1.165, 1.54) is 19.2 Å². The summed E-state index contributed by atoms with van der Waals surface area (Å²) < 4.78 is 31.5. The minimum atomic E-state index is -3.74. The molecule has 0 bridgehead atoms. The van der Waals surface area contributed by atoms with Crippen molar-refractivity contribution in [1.82, 2.24) is 4.31 Å². The molecule has 21 heavy (non-hydrogen) atoms. The third-order valence-electron chi connectivity index (χ3n) is 2.73. The molecular weight excluding hydrogens is 362 g/mol. The van der Waals surface area contributed by atoms with Crippen LogP contribution >= 0.6 is 15.9 Å². The molecule has 0 atom stereocenters. The number of carboxylic acids is 1. The van der Waals surface area contributed by atoms with Crippen LogP contribution in [0.1, 0.15) is 24.2 Å². The molecule has 0 aliphatic carbocycles. The Balaban J connectivity index is 2.97. The third kappa shape index (κ3) is 4.77. The van der Waals surface area contributed by atoms with Crippen molar-refractivity contribution in [2.45, 2.75) is 24.8 Å². The number of rotatable bonds is 7. The van der Waals surface area contributed by atoms with Crippen LogP contribution in [0, 0.1) is 0 Å². The van der Waals surface area contributed by atoms with Crippen LogP contribution in [0.2, 0.25) is 0 Å². The number of aromatic carboxylic acids is 1. The highest BCUT2D eigenvalue weighted by atomic mass is 79.9. The number of likely N-dealkylation sites (N-methyl/N-ethyl adjacent to an activating group) is 1. The molecule has 0 fully saturated rings. The Morgan fingerprint density at radius 2 is 2.05 bits per heavy atom.